The standard InChI is InChI=1S/C19H20N4O3S2/c1-9-10(2)27-18-15(9)16(20)22-19(23-18)28-11(3)17(24)21-12-4-5-13-14(8-12)26-7-6-25-13/h4-5,8,11H,6-7H2,1-3H3,(H,21,24)(H2,20,22,23). The monoisotopic (exact) mass is 416 g/mol. The maximum atomic E-state index is 12.6. The minimum Gasteiger partial charge on any atom is -0.486 e. The molecule has 0 radical (unpaired) electrons. The fraction of sp³-hybridized carbons (Fsp3) is 0.316. The number of ether oxygens (including phenoxy) is 2. The van der Waals surface area contributed by atoms with Crippen molar-refractivity contribution in [3.63, 3.8) is 0 Å². The van der Waals surface area contributed by atoms with Crippen molar-refractivity contribution in [1.29, 1.82) is 0 Å². The number of aryl methyl sites for hydroxylation is 2. The van der Waals surface area contributed by atoms with Gasteiger partial charge < -0.3 is 20.5 Å². The highest BCUT2D eigenvalue weighted by Crippen LogP contribution is 2.35. The highest BCUT2D eigenvalue weighted by Gasteiger charge is 2.20. The van der Waals surface area contributed by atoms with Crippen molar-refractivity contribution >= 4 is 50.7 Å². The molecule has 1 aliphatic heterocycles. The van der Waals surface area contributed by atoms with E-state index in [1.165, 1.54) is 16.6 Å². The van der Waals surface area contributed by atoms with Crippen molar-refractivity contribution in [2.45, 2.75) is 31.2 Å². The molecule has 0 bridgehead atoms. The van der Waals surface area contributed by atoms with Gasteiger partial charge >= 0.3 is 0 Å². The number of thioether (sulfide) groups is 1. The molecule has 0 fully saturated rings. The summed E-state index contributed by atoms with van der Waals surface area (Å²) < 4.78 is 11.1. The number of thiophene rings is 1. The van der Waals surface area contributed by atoms with E-state index in [0.717, 1.165) is 15.8 Å². The highest BCUT2D eigenvalue weighted by atomic mass is 32.2. The number of carbonyl (C=O) groups excluding carboxylic acids is 1. The minimum atomic E-state index is -0.396. The molecular weight excluding hydrogens is 396 g/mol. The number of nitrogens with two attached hydrogens (primary N) is 1. The number of nitrogens with one attached hydrogen (secondary N) is 1. The molecule has 0 saturated heterocycles. The maximum Gasteiger partial charge on any atom is 0.237 e. The Morgan fingerprint density at radius 3 is 2.79 bits per heavy atom. The average Bonchev–Trinajstić information content (AvgIpc) is 2.95. The lowest BCUT2D eigenvalue weighted by atomic mass is 10.2. The zero-order valence-electron chi connectivity index (χ0n) is 15.7. The van der Waals surface area contributed by atoms with Gasteiger partial charge in [0.1, 0.15) is 23.9 Å². The van der Waals surface area contributed by atoms with E-state index in [0.29, 0.717) is 41.4 Å². The zero-order chi connectivity index (χ0) is 19.8. The molecule has 1 amide bonds. The summed E-state index contributed by atoms with van der Waals surface area (Å²) >= 11 is 2.87. The van der Waals surface area contributed by atoms with Crippen LogP contribution in [0.3, 0.4) is 0 Å². The van der Waals surface area contributed by atoms with Crippen LogP contribution in [0.2, 0.25) is 0 Å². The molecule has 146 valence electrons. The van der Waals surface area contributed by atoms with Gasteiger partial charge in [-0.05, 0) is 38.5 Å². The second-order valence-corrected chi connectivity index (χ2v) is 8.97. The van der Waals surface area contributed by atoms with E-state index in [1.807, 2.05) is 20.8 Å². The van der Waals surface area contributed by atoms with E-state index < -0.39 is 5.25 Å². The number of anilines is 2. The van der Waals surface area contributed by atoms with Crippen molar-refractivity contribution in [1.82, 2.24) is 9.97 Å². The Morgan fingerprint density at radius 2 is 2.00 bits per heavy atom. The molecule has 1 atom stereocenters. The van der Waals surface area contributed by atoms with E-state index in [1.54, 1.807) is 29.5 Å². The second kappa shape index (κ2) is 7.48. The molecule has 3 N–H and O–H groups in total. The number of carbonyl (C=O) groups is 1. The number of benzene rings is 1. The summed E-state index contributed by atoms with van der Waals surface area (Å²) in [5, 5.41) is 3.90. The molecule has 3 aromatic rings. The maximum absolute atomic E-state index is 12.6. The van der Waals surface area contributed by atoms with Crippen molar-refractivity contribution in [2.24, 2.45) is 0 Å². The summed E-state index contributed by atoms with van der Waals surface area (Å²) in [7, 11) is 0. The van der Waals surface area contributed by atoms with Crippen LogP contribution in [-0.2, 0) is 4.79 Å². The lowest BCUT2D eigenvalue weighted by Crippen LogP contribution is -2.23. The Bertz CT molecular complexity index is 1070. The van der Waals surface area contributed by atoms with E-state index in [-0.39, 0.29) is 5.91 Å². The number of aromatic nitrogens is 2. The number of rotatable bonds is 4. The Balaban J connectivity index is 1.48. The molecule has 28 heavy (non-hydrogen) atoms. The summed E-state index contributed by atoms with van der Waals surface area (Å²) in [5.41, 5.74) is 7.89. The number of nitrogens with zero attached hydrogens (tertiary/aromatic N) is 2. The summed E-state index contributed by atoms with van der Waals surface area (Å²) in [6.07, 6.45) is 0. The van der Waals surface area contributed by atoms with Gasteiger partial charge in [-0.1, -0.05) is 11.8 Å². The molecular formula is C19H20N4O3S2. The summed E-state index contributed by atoms with van der Waals surface area (Å²) in [5.74, 6) is 1.62. The second-order valence-electron chi connectivity index (χ2n) is 6.46. The zero-order valence-corrected chi connectivity index (χ0v) is 17.4. The largest absolute Gasteiger partial charge is 0.486 e. The predicted octanol–water partition coefficient (Wildman–Crippen LogP) is 3.78. The Kier molecular flexibility index (Phi) is 5.03. The normalized spacial score (nSPS) is 14.1. The molecule has 0 aliphatic carbocycles. The first-order valence-electron chi connectivity index (χ1n) is 8.82. The lowest BCUT2D eigenvalue weighted by Gasteiger charge is -2.19. The molecule has 1 aliphatic rings. The smallest absolute Gasteiger partial charge is 0.237 e. The molecule has 7 nitrogen and oxygen atoms in total. The number of amides is 1. The first kappa shape index (κ1) is 18.8. The van der Waals surface area contributed by atoms with Crippen molar-refractivity contribution < 1.29 is 14.3 Å². The first-order chi connectivity index (χ1) is 13.4. The Hall–Kier alpha value is -2.52. The van der Waals surface area contributed by atoms with Gasteiger partial charge in [0, 0.05) is 16.6 Å². The van der Waals surface area contributed by atoms with Gasteiger partial charge in [0.15, 0.2) is 16.7 Å². The SMILES string of the molecule is Cc1sc2nc(SC(C)C(=O)Nc3ccc4c(c3)OCCO4)nc(N)c2c1C. The summed E-state index contributed by atoms with van der Waals surface area (Å²) in [4.78, 5) is 23.6. The van der Waals surface area contributed by atoms with Crippen LogP contribution in [0.1, 0.15) is 17.4 Å². The molecule has 1 unspecified atom stereocenters. The molecule has 2 aromatic heterocycles. The topological polar surface area (TPSA) is 99.4 Å². The van der Waals surface area contributed by atoms with Crippen molar-refractivity contribution in [3.8, 4) is 11.5 Å². The number of hydrogen-bond donors (Lipinski definition) is 2. The van der Waals surface area contributed by atoms with E-state index >= 15 is 0 Å². The van der Waals surface area contributed by atoms with Crippen LogP contribution in [0.15, 0.2) is 23.4 Å². The molecule has 9 heteroatoms. The van der Waals surface area contributed by atoms with Crippen LogP contribution in [0.4, 0.5) is 11.5 Å². The van der Waals surface area contributed by atoms with Gasteiger partial charge in [-0.3, -0.25) is 4.79 Å². The Morgan fingerprint density at radius 1 is 1.25 bits per heavy atom. The van der Waals surface area contributed by atoms with Crippen molar-refractivity contribution in [3.05, 3.63) is 28.6 Å². The van der Waals surface area contributed by atoms with Crippen LogP contribution in [-0.4, -0.2) is 34.3 Å². The molecule has 4 rings (SSSR count). The first-order valence-corrected chi connectivity index (χ1v) is 10.5. The van der Waals surface area contributed by atoms with Gasteiger partial charge in [0.2, 0.25) is 5.91 Å². The van der Waals surface area contributed by atoms with Crippen LogP contribution in [0.25, 0.3) is 10.2 Å². The average molecular weight is 417 g/mol. The lowest BCUT2D eigenvalue weighted by molar-refractivity contribution is -0.115. The van der Waals surface area contributed by atoms with Gasteiger partial charge in [-0.2, -0.15) is 0 Å². The quantitative estimate of drug-likeness (QED) is 0.493. The molecule has 1 aromatic carbocycles. The fourth-order valence-corrected chi connectivity index (χ4v) is 4.76. The Labute approximate surface area is 170 Å². The van der Waals surface area contributed by atoms with E-state index in [9.17, 15) is 4.79 Å². The number of hydrogen-bond acceptors (Lipinski definition) is 8. The van der Waals surface area contributed by atoms with Crippen molar-refractivity contribution in [2.75, 3.05) is 24.3 Å². The number of nitrogen functional groups attached to an aromatic ring is 1. The number of fused-ring (bicyclic) bond motifs is 2. The predicted molar refractivity (Wildman–Crippen MR) is 113 cm³/mol. The highest BCUT2D eigenvalue weighted by molar-refractivity contribution is 8.00. The van der Waals surface area contributed by atoms with Gasteiger partial charge in [0.05, 0.1) is 10.6 Å². The van der Waals surface area contributed by atoms with Gasteiger partial charge in [0.25, 0.3) is 0 Å². The van der Waals surface area contributed by atoms with Gasteiger partial charge in [-0.15, -0.1) is 11.3 Å². The summed E-state index contributed by atoms with van der Waals surface area (Å²) in [6.45, 7) is 6.90. The molecule has 3 heterocycles. The van der Waals surface area contributed by atoms with E-state index in [2.05, 4.69) is 15.3 Å². The van der Waals surface area contributed by atoms with E-state index in [4.69, 9.17) is 15.2 Å². The van der Waals surface area contributed by atoms with Crippen LogP contribution in [0, 0.1) is 13.8 Å². The fourth-order valence-electron chi connectivity index (χ4n) is 2.89. The third kappa shape index (κ3) is 3.59. The third-order valence-electron chi connectivity index (χ3n) is 4.50. The van der Waals surface area contributed by atoms with Crippen LogP contribution < -0.4 is 20.5 Å². The van der Waals surface area contributed by atoms with Gasteiger partial charge in [-0.25, -0.2) is 9.97 Å². The van der Waals surface area contributed by atoms with Crippen LogP contribution >= 0.6 is 23.1 Å². The molecule has 0 saturated carbocycles. The van der Waals surface area contributed by atoms with Crippen LogP contribution in [0.5, 0.6) is 11.5 Å². The third-order valence-corrected chi connectivity index (χ3v) is 6.56. The summed E-state index contributed by atoms with van der Waals surface area (Å²) in [6, 6.07) is 5.35. The molecule has 0 spiro atoms. The minimum absolute atomic E-state index is 0.150.